The van der Waals surface area contributed by atoms with Crippen LogP contribution in [0.4, 0.5) is 0 Å². The van der Waals surface area contributed by atoms with Crippen LogP contribution in [0.5, 0.6) is 0 Å². The molecule has 0 aromatic heterocycles. The van der Waals surface area contributed by atoms with Gasteiger partial charge in [-0.25, -0.2) is 0 Å². The summed E-state index contributed by atoms with van der Waals surface area (Å²) in [6.07, 6.45) is 2.04. The maximum absolute atomic E-state index is 12.6. The zero-order valence-electron chi connectivity index (χ0n) is 13.8. The van der Waals surface area contributed by atoms with Crippen molar-refractivity contribution in [3.8, 4) is 0 Å². The summed E-state index contributed by atoms with van der Waals surface area (Å²) in [6, 6.07) is 8.53. The highest BCUT2D eigenvalue weighted by Crippen LogP contribution is 2.34. The number of thioether (sulfide) groups is 1. The van der Waals surface area contributed by atoms with Crippen LogP contribution < -0.4 is 5.32 Å². The van der Waals surface area contributed by atoms with E-state index in [4.69, 9.17) is 0 Å². The molecule has 1 saturated heterocycles. The molecule has 1 amide bonds. The summed E-state index contributed by atoms with van der Waals surface area (Å²) in [7, 11) is 0. The number of rotatable bonds is 3. The van der Waals surface area contributed by atoms with E-state index in [0.717, 1.165) is 5.56 Å². The lowest BCUT2D eigenvalue weighted by molar-refractivity contribution is -0.134. The zero-order valence-corrected chi connectivity index (χ0v) is 14.6. The van der Waals surface area contributed by atoms with Crippen molar-refractivity contribution in [2.75, 3.05) is 6.26 Å². The summed E-state index contributed by atoms with van der Waals surface area (Å²) in [4.78, 5) is 15.8. The first-order chi connectivity index (χ1) is 9.75. The normalized spacial score (nSPS) is 24.5. The average Bonchev–Trinajstić information content (AvgIpc) is 2.73. The minimum absolute atomic E-state index is 0.0300. The number of carbonyl (C=O) groups excluding carboxylic acids is 1. The van der Waals surface area contributed by atoms with E-state index in [0.29, 0.717) is 0 Å². The van der Waals surface area contributed by atoms with E-state index >= 15 is 0 Å². The molecular formula is C17H26N2OS. The van der Waals surface area contributed by atoms with Crippen LogP contribution in [0.15, 0.2) is 29.2 Å². The maximum atomic E-state index is 12.6. The van der Waals surface area contributed by atoms with Gasteiger partial charge in [0.05, 0.1) is 6.04 Å². The number of carbonyl (C=O) groups is 1. The highest BCUT2D eigenvalue weighted by molar-refractivity contribution is 7.98. The SMILES string of the molecule is CSc1ccc(C2NC(C)C(=O)N2C(C)C(C)(C)C)cc1. The van der Waals surface area contributed by atoms with Gasteiger partial charge in [0.15, 0.2) is 0 Å². The van der Waals surface area contributed by atoms with Crippen molar-refractivity contribution in [2.24, 2.45) is 5.41 Å². The quantitative estimate of drug-likeness (QED) is 0.865. The van der Waals surface area contributed by atoms with Crippen molar-refractivity contribution in [1.82, 2.24) is 10.2 Å². The fraction of sp³-hybridized carbons (Fsp3) is 0.588. The fourth-order valence-corrected chi connectivity index (χ4v) is 3.02. The van der Waals surface area contributed by atoms with Crippen molar-refractivity contribution in [2.45, 2.75) is 57.8 Å². The molecule has 1 aliphatic heterocycles. The van der Waals surface area contributed by atoms with Gasteiger partial charge in [-0.3, -0.25) is 10.1 Å². The Balaban J connectivity index is 2.33. The third kappa shape index (κ3) is 3.27. The molecule has 3 unspecified atom stereocenters. The molecule has 3 atom stereocenters. The van der Waals surface area contributed by atoms with Gasteiger partial charge in [0.2, 0.25) is 5.91 Å². The largest absolute Gasteiger partial charge is 0.318 e. The number of amides is 1. The van der Waals surface area contributed by atoms with Crippen LogP contribution in [0.25, 0.3) is 0 Å². The summed E-state index contributed by atoms with van der Waals surface area (Å²) in [5.41, 5.74) is 1.21. The van der Waals surface area contributed by atoms with Gasteiger partial charge in [-0.05, 0) is 43.2 Å². The first-order valence-electron chi connectivity index (χ1n) is 7.48. The Labute approximate surface area is 132 Å². The molecule has 0 radical (unpaired) electrons. The molecule has 0 saturated carbocycles. The number of nitrogens with zero attached hydrogens (tertiary/aromatic N) is 1. The monoisotopic (exact) mass is 306 g/mol. The first kappa shape index (κ1) is 16.4. The second-order valence-corrected chi connectivity index (χ2v) is 7.73. The van der Waals surface area contributed by atoms with E-state index in [1.54, 1.807) is 11.8 Å². The molecule has 1 aromatic rings. The minimum Gasteiger partial charge on any atom is -0.318 e. The summed E-state index contributed by atoms with van der Waals surface area (Å²) >= 11 is 1.73. The third-order valence-electron chi connectivity index (χ3n) is 4.41. The average molecular weight is 306 g/mol. The standard InChI is InChI=1S/C17H26N2OS/c1-11-16(20)19(12(2)17(3,4)5)15(18-11)13-7-9-14(21-6)10-8-13/h7-12,15,18H,1-6H3. The molecule has 2 rings (SSSR count). The second kappa shape index (κ2) is 6.01. The Morgan fingerprint density at radius 2 is 1.81 bits per heavy atom. The fourth-order valence-electron chi connectivity index (χ4n) is 2.61. The van der Waals surface area contributed by atoms with Crippen molar-refractivity contribution >= 4 is 17.7 Å². The molecule has 1 N–H and O–H groups in total. The van der Waals surface area contributed by atoms with Crippen LogP contribution in [0.1, 0.15) is 46.3 Å². The van der Waals surface area contributed by atoms with Crippen LogP contribution in [0.2, 0.25) is 0 Å². The first-order valence-corrected chi connectivity index (χ1v) is 8.70. The molecule has 3 nitrogen and oxygen atoms in total. The Kier molecular flexibility index (Phi) is 4.69. The van der Waals surface area contributed by atoms with E-state index in [2.05, 4.69) is 63.5 Å². The molecule has 0 aliphatic carbocycles. The Morgan fingerprint density at radius 3 is 2.29 bits per heavy atom. The molecule has 21 heavy (non-hydrogen) atoms. The number of hydrogen-bond acceptors (Lipinski definition) is 3. The smallest absolute Gasteiger partial charge is 0.241 e. The Morgan fingerprint density at radius 1 is 1.24 bits per heavy atom. The second-order valence-electron chi connectivity index (χ2n) is 6.85. The molecule has 116 valence electrons. The molecule has 1 fully saturated rings. The predicted octanol–water partition coefficient (Wildman–Crippen LogP) is 3.66. The molecule has 0 spiro atoms. The van der Waals surface area contributed by atoms with Gasteiger partial charge in [-0.15, -0.1) is 11.8 Å². The van der Waals surface area contributed by atoms with E-state index in [9.17, 15) is 4.79 Å². The molecule has 1 aliphatic rings. The molecule has 0 bridgehead atoms. The Hall–Kier alpha value is -1.00. The van der Waals surface area contributed by atoms with E-state index in [1.807, 2.05) is 11.8 Å². The minimum atomic E-state index is -0.125. The number of hydrogen-bond donors (Lipinski definition) is 1. The van der Waals surface area contributed by atoms with Crippen LogP contribution in [-0.2, 0) is 4.79 Å². The van der Waals surface area contributed by atoms with Crippen molar-refractivity contribution in [3.63, 3.8) is 0 Å². The van der Waals surface area contributed by atoms with Crippen LogP contribution in [0.3, 0.4) is 0 Å². The summed E-state index contributed by atoms with van der Waals surface area (Å²) in [5, 5.41) is 3.43. The van der Waals surface area contributed by atoms with Crippen LogP contribution in [-0.4, -0.2) is 29.1 Å². The van der Waals surface area contributed by atoms with Gasteiger partial charge in [0.25, 0.3) is 0 Å². The zero-order chi connectivity index (χ0) is 15.8. The molecule has 1 aromatic carbocycles. The molecule has 1 heterocycles. The molecule has 4 heteroatoms. The van der Waals surface area contributed by atoms with E-state index in [1.165, 1.54) is 4.90 Å². The lowest BCUT2D eigenvalue weighted by Crippen LogP contribution is -2.45. The Bertz CT molecular complexity index is 507. The van der Waals surface area contributed by atoms with Crippen molar-refractivity contribution < 1.29 is 4.79 Å². The van der Waals surface area contributed by atoms with Gasteiger partial charge >= 0.3 is 0 Å². The topological polar surface area (TPSA) is 32.3 Å². The highest BCUT2D eigenvalue weighted by atomic mass is 32.2. The summed E-state index contributed by atoms with van der Waals surface area (Å²) < 4.78 is 0. The summed E-state index contributed by atoms with van der Waals surface area (Å²) in [5.74, 6) is 0.191. The lowest BCUT2D eigenvalue weighted by atomic mass is 9.86. The lowest BCUT2D eigenvalue weighted by Gasteiger charge is -2.38. The molecular weight excluding hydrogens is 280 g/mol. The highest BCUT2D eigenvalue weighted by Gasteiger charge is 2.42. The van der Waals surface area contributed by atoms with Crippen LogP contribution >= 0.6 is 11.8 Å². The van der Waals surface area contributed by atoms with Gasteiger partial charge in [0, 0.05) is 10.9 Å². The maximum Gasteiger partial charge on any atom is 0.241 e. The third-order valence-corrected chi connectivity index (χ3v) is 5.16. The van der Waals surface area contributed by atoms with Gasteiger partial charge in [0.1, 0.15) is 6.17 Å². The van der Waals surface area contributed by atoms with Gasteiger partial charge < -0.3 is 4.90 Å². The summed E-state index contributed by atoms with van der Waals surface area (Å²) in [6.45, 7) is 10.6. The van der Waals surface area contributed by atoms with Crippen molar-refractivity contribution in [1.29, 1.82) is 0 Å². The number of benzene rings is 1. The number of nitrogens with one attached hydrogen (secondary N) is 1. The van der Waals surface area contributed by atoms with Gasteiger partial charge in [-0.1, -0.05) is 32.9 Å². The van der Waals surface area contributed by atoms with Gasteiger partial charge in [-0.2, -0.15) is 0 Å². The predicted molar refractivity (Wildman–Crippen MR) is 89.3 cm³/mol. The van der Waals surface area contributed by atoms with E-state index in [-0.39, 0.29) is 29.6 Å². The van der Waals surface area contributed by atoms with Crippen LogP contribution in [0, 0.1) is 5.41 Å². The van der Waals surface area contributed by atoms with Crippen molar-refractivity contribution in [3.05, 3.63) is 29.8 Å². The van der Waals surface area contributed by atoms with E-state index < -0.39 is 0 Å².